The van der Waals surface area contributed by atoms with Crippen molar-refractivity contribution in [1.82, 2.24) is 4.98 Å². The highest BCUT2D eigenvalue weighted by molar-refractivity contribution is 5.76. The first kappa shape index (κ1) is 12.5. The molecule has 1 heterocycles. The molecule has 2 aromatic carbocycles. The Morgan fingerprint density at radius 1 is 1.20 bits per heavy atom. The summed E-state index contributed by atoms with van der Waals surface area (Å²) in [4.78, 5) is 13.7. The average Bonchev–Trinajstić information content (AvgIpc) is 2.78. The van der Waals surface area contributed by atoms with Gasteiger partial charge in [0.2, 0.25) is 0 Å². The van der Waals surface area contributed by atoms with Crippen molar-refractivity contribution in [1.29, 1.82) is 0 Å². The Morgan fingerprint density at radius 2 is 1.95 bits per heavy atom. The van der Waals surface area contributed by atoms with Crippen LogP contribution in [0.25, 0.3) is 11.1 Å². The second-order valence-corrected chi connectivity index (χ2v) is 4.64. The van der Waals surface area contributed by atoms with Crippen LogP contribution in [0, 0.1) is 5.82 Å². The van der Waals surface area contributed by atoms with Gasteiger partial charge in [0, 0.05) is 11.7 Å². The fraction of sp³-hybridized carbons (Fsp3) is 0.133. The highest BCUT2D eigenvalue weighted by Gasteiger charge is 2.07. The summed E-state index contributed by atoms with van der Waals surface area (Å²) < 4.78 is 17.8. The molecule has 1 atom stereocenters. The van der Waals surface area contributed by atoms with Crippen LogP contribution in [0.4, 0.5) is 10.1 Å². The first-order valence-corrected chi connectivity index (χ1v) is 6.27. The summed E-state index contributed by atoms with van der Waals surface area (Å²) >= 11 is 0. The van der Waals surface area contributed by atoms with E-state index in [9.17, 15) is 9.18 Å². The van der Waals surface area contributed by atoms with Crippen molar-refractivity contribution in [2.75, 3.05) is 5.32 Å². The predicted octanol–water partition coefficient (Wildman–Crippen LogP) is 3.43. The van der Waals surface area contributed by atoms with Gasteiger partial charge >= 0.3 is 5.76 Å². The zero-order chi connectivity index (χ0) is 14.1. The molecule has 0 saturated heterocycles. The number of anilines is 1. The van der Waals surface area contributed by atoms with Gasteiger partial charge in [-0.05, 0) is 42.8 Å². The average molecular weight is 272 g/mol. The second kappa shape index (κ2) is 4.85. The summed E-state index contributed by atoms with van der Waals surface area (Å²) in [6.45, 7) is 1.98. The van der Waals surface area contributed by atoms with Gasteiger partial charge in [-0.15, -0.1) is 0 Å². The molecule has 0 bridgehead atoms. The van der Waals surface area contributed by atoms with Crippen molar-refractivity contribution in [2.45, 2.75) is 13.0 Å². The molecule has 2 N–H and O–H groups in total. The van der Waals surface area contributed by atoms with E-state index in [1.807, 2.05) is 13.0 Å². The van der Waals surface area contributed by atoms with E-state index in [4.69, 9.17) is 4.42 Å². The molecule has 0 amide bonds. The van der Waals surface area contributed by atoms with Crippen LogP contribution in [0.15, 0.2) is 51.7 Å². The van der Waals surface area contributed by atoms with Crippen molar-refractivity contribution in [3.05, 3.63) is 64.4 Å². The third-order valence-corrected chi connectivity index (χ3v) is 3.17. The number of nitrogens with one attached hydrogen (secondary N) is 2. The van der Waals surface area contributed by atoms with E-state index in [1.165, 1.54) is 12.1 Å². The number of fused-ring (bicyclic) bond motifs is 1. The molecule has 3 aromatic rings. The molecule has 4 nitrogen and oxygen atoms in total. The third kappa shape index (κ3) is 2.42. The van der Waals surface area contributed by atoms with E-state index in [-0.39, 0.29) is 11.9 Å². The minimum absolute atomic E-state index is 0.0201. The Hall–Kier alpha value is -2.56. The van der Waals surface area contributed by atoms with Crippen molar-refractivity contribution in [3.8, 4) is 0 Å². The summed E-state index contributed by atoms with van der Waals surface area (Å²) in [7, 11) is 0. The summed E-state index contributed by atoms with van der Waals surface area (Å²) in [5, 5.41) is 3.29. The van der Waals surface area contributed by atoms with Gasteiger partial charge < -0.3 is 9.73 Å². The molecule has 5 heteroatoms. The van der Waals surface area contributed by atoms with E-state index in [0.29, 0.717) is 11.1 Å². The smallest absolute Gasteiger partial charge is 0.408 e. The lowest BCUT2D eigenvalue weighted by Crippen LogP contribution is -2.06. The molecule has 0 spiro atoms. The van der Waals surface area contributed by atoms with Gasteiger partial charge in [0.1, 0.15) is 5.82 Å². The van der Waals surface area contributed by atoms with Gasteiger partial charge in [-0.3, -0.25) is 4.98 Å². The molecule has 3 rings (SSSR count). The largest absolute Gasteiger partial charge is 0.417 e. The maximum absolute atomic E-state index is 12.9. The lowest BCUT2D eigenvalue weighted by Gasteiger charge is -2.15. The zero-order valence-corrected chi connectivity index (χ0v) is 10.8. The Morgan fingerprint density at radius 3 is 2.70 bits per heavy atom. The van der Waals surface area contributed by atoms with E-state index in [2.05, 4.69) is 10.3 Å². The van der Waals surface area contributed by atoms with Crippen LogP contribution in [0.5, 0.6) is 0 Å². The highest BCUT2D eigenvalue weighted by Crippen LogP contribution is 2.22. The number of aromatic nitrogens is 1. The van der Waals surface area contributed by atoms with Crippen LogP contribution in [0.2, 0.25) is 0 Å². The molecule has 20 heavy (non-hydrogen) atoms. The van der Waals surface area contributed by atoms with Gasteiger partial charge in [-0.1, -0.05) is 12.1 Å². The van der Waals surface area contributed by atoms with E-state index < -0.39 is 5.76 Å². The molecular formula is C15H13FN2O2. The van der Waals surface area contributed by atoms with E-state index in [1.54, 1.807) is 24.3 Å². The number of hydrogen-bond acceptors (Lipinski definition) is 3. The van der Waals surface area contributed by atoms with Crippen LogP contribution in [0.1, 0.15) is 18.5 Å². The Kier molecular flexibility index (Phi) is 3.02. The monoisotopic (exact) mass is 272 g/mol. The molecule has 0 fully saturated rings. The molecule has 102 valence electrons. The SMILES string of the molecule is CC(Nc1ccc2oc(=O)[nH]c2c1)c1ccc(F)cc1. The molecule has 0 radical (unpaired) electrons. The number of benzene rings is 2. The molecule has 0 aliphatic carbocycles. The number of oxazole rings is 1. The van der Waals surface area contributed by atoms with Gasteiger partial charge in [-0.2, -0.15) is 0 Å². The fourth-order valence-electron chi connectivity index (χ4n) is 2.13. The fourth-order valence-corrected chi connectivity index (χ4v) is 2.13. The Balaban J connectivity index is 1.84. The summed E-state index contributed by atoms with van der Waals surface area (Å²) in [6.07, 6.45) is 0. The van der Waals surface area contributed by atoms with Gasteiger partial charge in [0.15, 0.2) is 5.58 Å². The standard InChI is InChI=1S/C15H13FN2O2/c1-9(10-2-4-11(16)5-3-10)17-12-6-7-14-13(8-12)18-15(19)20-14/h2-9,17H,1H3,(H,18,19). The number of hydrogen-bond donors (Lipinski definition) is 2. The van der Waals surface area contributed by atoms with Gasteiger partial charge in [-0.25, -0.2) is 9.18 Å². The normalized spacial score (nSPS) is 12.5. The minimum atomic E-state index is -0.469. The van der Waals surface area contributed by atoms with Crippen LogP contribution >= 0.6 is 0 Å². The molecule has 0 saturated carbocycles. The highest BCUT2D eigenvalue weighted by atomic mass is 19.1. The van der Waals surface area contributed by atoms with Crippen molar-refractivity contribution in [2.24, 2.45) is 0 Å². The Labute approximate surface area is 114 Å². The molecular weight excluding hydrogens is 259 g/mol. The topological polar surface area (TPSA) is 58.0 Å². The van der Waals surface area contributed by atoms with Gasteiger partial charge in [0.05, 0.1) is 5.52 Å². The number of rotatable bonds is 3. The second-order valence-electron chi connectivity index (χ2n) is 4.64. The van der Waals surface area contributed by atoms with Crippen LogP contribution in [-0.4, -0.2) is 4.98 Å². The van der Waals surface area contributed by atoms with Crippen molar-refractivity contribution < 1.29 is 8.81 Å². The number of H-pyrrole nitrogens is 1. The van der Waals surface area contributed by atoms with Gasteiger partial charge in [0.25, 0.3) is 0 Å². The third-order valence-electron chi connectivity index (χ3n) is 3.17. The number of halogens is 1. The number of aromatic amines is 1. The van der Waals surface area contributed by atoms with Crippen LogP contribution in [-0.2, 0) is 0 Å². The summed E-state index contributed by atoms with van der Waals surface area (Å²) in [5.74, 6) is -0.720. The lowest BCUT2D eigenvalue weighted by atomic mass is 10.1. The summed E-state index contributed by atoms with van der Waals surface area (Å²) in [6, 6.07) is 11.7. The van der Waals surface area contributed by atoms with E-state index in [0.717, 1.165) is 11.3 Å². The zero-order valence-electron chi connectivity index (χ0n) is 10.8. The maximum Gasteiger partial charge on any atom is 0.417 e. The van der Waals surface area contributed by atoms with Crippen molar-refractivity contribution >= 4 is 16.8 Å². The molecule has 1 aromatic heterocycles. The van der Waals surface area contributed by atoms with E-state index >= 15 is 0 Å². The van der Waals surface area contributed by atoms with Crippen molar-refractivity contribution in [3.63, 3.8) is 0 Å². The molecule has 0 aliphatic rings. The minimum Gasteiger partial charge on any atom is -0.408 e. The molecule has 0 aliphatic heterocycles. The first-order chi connectivity index (χ1) is 9.61. The predicted molar refractivity (Wildman–Crippen MR) is 75.3 cm³/mol. The molecule has 1 unspecified atom stereocenters. The van der Waals surface area contributed by atoms with Crippen LogP contribution < -0.4 is 11.1 Å². The lowest BCUT2D eigenvalue weighted by molar-refractivity contribution is 0.555. The Bertz CT molecular complexity index is 789. The quantitative estimate of drug-likeness (QED) is 0.768. The maximum atomic E-state index is 12.9. The summed E-state index contributed by atoms with van der Waals surface area (Å²) in [5.41, 5.74) is 3.00. The first-order valence-electron chi connectivity index (χ1n) is 6.27. The van der Waals surface area contributed by atoms with Crippen LogP contribution in [0.3, 0.4) is 0 Å².